The Labute approximate surface area is 256 Å². The van der Waals surface area contributed by atoms with Gasteiger partial charge in [0.05, 0.1) is 10.9 Å². The molecule has 7 rings (SSSR count). The van der Waals surface area contributed by atoms with Gasteiger partial charge in [-0.1, -0.05) is 19.9 Å². The first-order chi connectivity index (χ1) is 21.4. The Balaban J connectivity index is 1.37. The number of hydrogen-bond acceptors (Lipinski definition) is 8. The second-order valence-electron chi connectivity index (χ2n) is 12.7. The summed E-state index contributed by atoms with van der Waals surface area (Å²) in [5.41, 5.74) is 0.821. The summed E-state index contributed by atoms with van der Waals surface area (Å²) < 4.78 is 43.8. The molecule has 1 N–H and O–H groups in total. The first-order valence-corrected chi connectivity index (χ1v) is 15.9. The first kappa shape index (κ1) is 29.1. The van der Waals surface area contributed by atoms with Crippen LogP contribution in [0.2, 0.25) is 0 Å². The van der Waals surface area contributed by atoms with Crippen molar-refractivity contribution in [2.75, 3.05) is 50.9 Å². The van der Waals surface area contributed by atoms with Gasteiger partial charge in [-0.15, -0.1) is 0 Å². The third-order valence-corrected chi connectivity index (χ3v) is 9.61. The van der Waals surface area contributed by atoms with Crippen molar-refractivity contribution in [2.24, 2.45) is 5.92 Å². The van der Waals surface area contributed by atoms with Crippen LogP contribution in [-0.2, 0) is 11.2 Å². The van der Waals surface area contributed by atoms with Gasteiger partial charge in [-0.2, -0.15) is 9.97 Å². The maximum absolute atomic E-state index is 16.8. The molecule has 3 fully saturated rings. The van der Waals surface area contributed by atoms with E-state index in [1.54, 1.807) is 18.3 Å². The van der Waals surface area contributed by atoms with Gasteiger partial charge in [-0.25, -0.2) is 8.78 Å². The van der Waals surface area contributed by atoms with Crippen LogP contribution in [0.1, 0.15) is 51.5 Å². The van der Waals surface area contributed by atoms with E-state index in [0.717, 1.165) is 45.2 Å². The monoisotopic (exact) mass is 603 g/mol. The number of ether oxygens (including phenoxy) is 2. The fourth-order valence-corrected chi connectivity index (χ4v) is 7.71. The second-order valence-corrected chi connectivity index (χ2v) is 12.7. The molecule has 2 aromatic carbocycles. The highest BCUT2D eigenvalue weighted by atomic mass is 19.1. The molecule has 5 heterocycles. The molecule has 2 atom stereocenters. The van der Waals surface area contributed by atoms with Gasteiger partial charge in [0.1, 0.15) is 35.2 Å². The Kier molecular flexibility index (Phi) is 7.74. The second kappa shape index (κ2) is 11.7. The molecule has 0 spiro atoms. The number of hydrogen-bond donors (Lipinski definition) is 1. The summed E-state index contributed by atoms with van der Waals surface area (Å²) in [4.78, 5) is 18.8. The van der Waals surface area contributed by atoms with Crippen LogP contribution in [0, 0.1) is 17.6 Å². The van der Waals surface area contributed by atoms with Crippen LogP contribution < -0.4 is 9.64 Å². The van der Waals surface area contributed by atoms with E-state index in [4.69, 9.17) is 14.5 Å². The van der Waals surface area contributed by atoms with E-state index in [2.05, 4.69) is 26.7 Å². The molecule has 0 aliphatic carbocycles. The standard InChI is InChI=1S/C34H39F2N5O3/c1-3-24-27(35)8-7-22-15-23(42)16-25(28(22)24)30-29(36)31-26(18-37-30)32(40-10-5-13-43-14-6-11-40)39-33(38-31)44-20-34-9-4-12-41(34)19-21(2)17-34/h7-8,15-16,18,21,42H,3-6,9-14,17,19-20H2,1-2H3/t21-,34+/m1/s1. The Bertz CT molecular complexity index is 1710. The number of aromatic nitrogens is 3. The zero-order valence-electron chi connectivity index (χ0n) is 25.4. The van der Waals surface area contributed by atoms with Crippen molar-refractivity contribution in [1.82, 2.24) is 19.9 Å². The van der Waals surface area contributed by atoms with E-state index >= 15 is 4.39 Å². The number of phenols is 1. The largest absolute Gasteiger partial charge is 0.508 e. The number of nitrogens with zero attached hydrogens (tertiary/aromatic N) is 5. The van der Waals surface area contributed by atoms with E-state index < -0.39 is 5.82 Å². The van der Waals surface area contributed by atoms with Gasteiger partial charge in [-0.05, 0) is 85.5 Å². The summed E-state index contributed by atoms with van der Waals surface area (Å²) in [6.45, 7) is 9.40. The lowest BCUT2D eigenvalue weighted by molar-refractivity contribution is 0.107. The summed E-state index contributed by atoms with van der Waals surface area (Å²) in [6.07, 6.45) is 6.88. The van der Waals surface area contributed by atoms with Crippen molar-refractivity contribution in [3.63, 3.8) is 0 Å². The van der Waals surface area contributed by atoms with E-state index in [-0.39, 0.29) is 34.3 Å². The molecule has 232 valence electrons. The van der Waals surface area contributed by atoms with Crippen LogP contribution in [0.5, 0.6) is 11.8 Å². The molecule has 3 saturated heterocycles. The highest BCUT2D eigenvalue weighted by Crippen LogP contribution is 2.42. The van der Waals surface area contributed by atoms with Crippen molar-refractivity contribution >= 4 is 27.5 Å². The van der Waals surface area contributed by atoms with Crippen molar-refractivity contribution in [2.45, 2.75) is 57.9 Å². The molecule has 0 unspecified atom stereocenters. The topological polar surface area (TPSA) is 83.8 Å². The molecule has 0 saturated carbocycles. The van der Waals surface area contributed by atoms with Crippen LogP contribution >= 0.6 is 0 Å². The number of phenolic OH excluding ortho intramolecular Hbond substituents is 1. The maximum atomic E-state index is 16.8. The van der Waals surface area contributed by atoms with Crippen LogP contribution in [0.15, 0.2) is 30.5 Å². The highest BCUT2D eigenvalue weighted by molar-refractivity contribution is 6.01. The number of anilines is 1. The van der Waals surface area contributed by atoms with E-state index in [1.165, 1.54) is 12.1 Å². The molecule has 8 nitrogen and oxygen atoms in total. The average Bonchev–Trinajstić information content (AvgIpc) is 3.51. The number of benzene rings is 2. The molecular formula is C34H39F2N5O3. The van der Waals surface area contributed by atoms with Crippen molar-refractivity contribution in [3.8, 4) is 23.0 Å². The Hall–Kier alpha value is -3.63. The van der Waals surface area contributed by atoms with Gasteiger partial charge in [0.25, 0.3) is 0 Å². The smallest absolute Gasteiger partial charge is 0.319 e. The predicted octanol–water partition coefficient (Wildman–Crippen LogP) is 6.26. The van der Waals surface area contributed by atoms with Crippen LogP contribution in [0.4, 0.5) is 14.6 Å². The summed E-state index contributed by atoms with van der Waals surface area (Å²) in [6, 6.07) is 6.13. The Morgan fingerprint density at radius 3 is 2.70 bits per heavy atom. The molecular weight excluding hydrogens is 564 g/mol. The SMILES string of the molecule is CCc1c(F)ccc2cc(O)cc(-c3ncc4c(N5CCCOCCC5)nc(OC[C@@]56CCCN5C[C@H](C)C6)nc4c3F)c12. The molecule has 0 amide bonds. The molecule has 0 radical (unpaired) electrons. The average molecular weight is 604 g/mol. The minimum absolute atomic E-state index is 0.000505. The normalized spacial score (nSPS) is 22.8. The van der Waals surface area contributed by atoms with Crippen LogP contribution in [0.3, 0.4) is 0 Å². The van der Waals surface area contributed by atoms with E-state index in [1.807, 2.05) is 6.92 Å². The quantitative estimate of drug-likeness (QED) is 0.277. The van der Waals surface area contributed by atoms with Gasteiger partial charge < -0.3 is 19.5 Å². The number of fused-ring (bicyclic) bond motifs is 3. The zero-order chi connectivity index (χ0) is 30.4. The zero-order valence-corrected chi connectivity index (χ0v) is 25.4. The van der Waals surface area contributed by atoms with E-state index in [0.29, 0.717) is 78.4 Å². The maximum Gasteiger partial charge on any atom is 0.319 e. The number of halogens is 2. The lowest BCUT2D eigenvalue weighted by atomic mass is 9.92. The Morgan fingerprint density at radius 1 is 1.09 bits per heavy atom. The molecule has 44 heavy (non-hydrogen) atoms. The molecule has 4 aromatic rings. The molecule has 0 bridgehead atoms. The Morgan fingerprint density at radius 2 is 1.91 bits per heavy atom. The van der Waals surface area contributed by atoms with Gasteiger partial charge in [0.15, 0.2) is 5.82 Å². The van der Waals surface area contributed by atoms with Gasteiger partial charge >= 0.3 is 6.01 Å². The molecule has 3 aliphatic heterocycles. The van der Waals surface area contributed by atoms with Crippen LogP contribution in [0.25, 0.3) is 32.9 Å². The first-order valence-electron chi connectivity index (χ1n) is 15.9. The highest BCUT2D eigenvalue weighted by Gasteiger charge is 2.47. The number of aromatic hydroxyl groups is 1. The van der Waals surface area contributed by atoms with Crippen molar-refractivity contribution in [3.05, 3.63) is 47.7 Å². The third kappa shape index (κ3) is 5.11. The number of aryl methyl sites for hydroxylation is 1. The van der Waals surface area contributed by atoms with Gasteiger partial charge in [-0.3, -0.25) is 9.88 Å². The summed E-state index contributed by atoms with van der Waals surface area (Å²) >= 11 is 0. The van der Waals surface area contributed by atoms with E-state index in [9.17, 15) is 9.50 Å². The lowest BCUT2D eigenvalue weighted by Crippen LogP contribution is -2.43. The summed E-state index contributed by atoms with van der Waals surface area (Å²) in [5, 5.41) is 12.2. The van der Waals surface area contributed by atoms with Crippen molar-refractivity contribution < 1.29 is 23.4 Å². The third-order valence-electron chi connectivity index (χ3n) is 9.61. The number of pyridine rings is 1. The van der Waals surface area contributed by atoms with Crippen molar-refractivity contribution in [1.29, 1.82) is 0 Å². The van der Waals surface area contributed by atoms with Crippen LogP contribution in [-0.4, -0.2) is 76.5 Å². The fourth-order valence-electron chi connectivity index (χ4n) is 7.71. The lowest BCUT2D eigenvalue weighted by Gasteiger charge is -2.31. The summed E-state index contributed by atoms with van der Waals surface area (Å²) in [7, 11) is 0. The minimum Gasteiger partial charge on any atom is -0.508 e. The fraction of sp³-hybridized carbons (Fsp3) is 0.500. The predicted molar refractivity (Wildman–Crippen MR) is 166 cm³/mol. The molecule has 2 aromatic heterocycles. The van der Waals surface area contributed by atoms with Gasteiger partial charge in [0, 0.05) is 44.6 Å². The molecule has 10 heteroatoms. The number of rotatable bonds is 6. The molecule has 3 aliphatic rings. The minimum atomic E-state index is -0.653. The summed E-state index contributed by atoms with van der Waals surface area (Å²) in [5.74, 6) is 0.0995. The van der Waals surface area contributed by atoms with Gasteiger partial charge in [0.2, 0.25) is 0 Å².